The van der Waals surface area contributed by atoms with E-state index < -0.39 is 17.6 Å². The normalized spacial score (nSPS) is 13.1. The van der Waals surface area contributed by atoms with Crippen LogP contribution in [0.3, 0.4) is 0 Å². The van der Waals surface area contributed by atoms with Crippen LogP contribution in [-0.2, 0) is 9.53 Å². The second-order valence-corrected chi connectivity index (χ2v) is 4.61. The van der Waals surface area contributed by atoms with Gasteiger partial charge in [-0.05, 0) is 27.7 Å². The van der Waals surface area contributed by atoms with E-state index in [0.29, 0.717) is 0 Å². The first kappa shape index (κ1) is 13.7. The van der Waals surface area contributed by atoms with Crippen molar-refractivity contribution in [1.82, 2.24) is 4.90 Å². The molecule has 0 fully saturated rings. The van der Waals surface area contributed by atoms with Crippen molar-refractivity contribution in [3.8, 4) is 0 Å². The molecule has 0 aromatic heterocycles. The van der Waals surface area contributed by atoms with Crippen LogP contribution in [0.2, 0.25) is 0 Å². The van der Waals surface area contributed by atoms with Crippen molar-refractivity contribution in [3.63, 3.8) is 0 Å². The second kappa shape index (κ2) is 5.00. The summed E-state index contributed by atoms with van der Waals surface area (Å²) in [6.07, 6.45) is -0.313. The van der Waals surface area contributed by atoms with Gasteiger partial charge in [0.1, 0.15) is 5.60 Å². The van der Waals surface area contributed by atoms with E-state index in [1.165, 1.54) is 4.90 Å². The monoisotopic (exact) mass is 216 g/mol. The molecule has 0 aliphatic heterocycles. The van der Waals surface area contributed by atoms with Crippen LogP contribution in [0.5, 0.6) is 0 Å². The number of nitrogens with zero attached hydrogens (tertiary/aromatic N) is 1. The predicted molar refractivity (Wildman–Crippen MR) is 57.3 cm³/mol. The number of primary amides is 1. The van der Waals surface area contributed by atoms with Gasteiger partial charge in [0.05, 0.1) is 0 Å². The third kappa shape index (κ3) is 5.93. The van der Waals surface area contributed by atoms with E-state index in [4.69, 9.17) is 10.5 Å². The summed E-state index contributed by atoms with van der Waals surface area (Å²) in [7, 11) is 1.58. The van der Waals surface area contributed by atoms with Gasteiger partial charge in [0, 0.05) is 19.5 Å². The number of nitrogens with two attached hydrogens (primary N) is 1. The Morgan fingerprint density at radius 1 is 1.40 bits per heavy atom. The second-order valence-electron chi connectivity index (χ2n) is 4.61. The first-order valence-corrected chi connectivity index (χ1v) is 4.87. The molecule has 0 radical (unpaired) electrons. The molecule has 0 spiro atoms. The van der Waals surface area contributed by atoms with E-state index >= 15 is 0 Å². The van der Waals surface area contributed by atoms with Crippen molar-refractivity contribution in [2.45, 2.75) is 45.8 Å². The van der Waals surface area contributed by atoms with Crippen LogP contribution in [-0.4, -0.2) is 35.6 Å². The summed E-state index contributed by atoms with van der Waals surface area (Å²) in [4.78, 5) is 23.6. The molecule has 0 aliphatic rings. The Hall–Kier alpha value is -1.26. The van der Waals surface area contributed by atoms with E-state index in [1.54, 1.807) is 34.7 Å². The fourth-order valence-electron chi connectivity index (χ4n) is 0.942. The Balaban J connectivity index is 4.25. The molecule has 88 valence electrons. The average Bonchev–Trinajstić information content (AvgIpc) is 1.98. The number of carbonyl (C=O) groups is 2. The highest BCUT2D eigenvalue weighted by Crippen LogP contribution is 2.11. The maximum absolute atomic E-state index is 11.5. The van der Waals surface area contributed by atoms with Gasteiger partial charge in [0.2, 0.25) is 5.91 Å². The SMILES string of the molecule is C[C@H](CC(N)=O)N(C)C(=O)OC(C)(C)C. The van der Waals surface area contributed by atoms with Crippen molar-refractivity contribution < 1.29 is 14.3 Å². The minimum absolute atomic E-state index is 0.135. The molecule has 0 saturated heterocycles. The van der Waals surface area contributed by atoms with Crippen molar-refractivity contribution >= 4 is 12.0 Å². The number of hydrogen-bond donors (Lipinski definition) is 1. The Kier molecular flexibility index (Phi) is 4.58. The molecular weight excluding hydrogens is 196 g/mol. The van der Waals surface area contributed by atoms with Crippen LogP contribution in [0.25, 0.3) is 0 Å². The summed E-state index contributed by atoms with van der Waals surface area (Å²) in [5.74, 6) is -0.432. The van der Waals surface area contributed by atoms with E-state index in [9.17, 15) is 9.59 Å². The van der Waals surface area contributed by atoms with Gasteiger partial charge in [0.15, 0.2) is 0 Å². The van der Waals surface area contributed by atoms with Crippen molar-refractivity contribution in [2.75, 3.05) is 7.05 Å². The van der Waals surface area contributed by atoms with Crippen LogP contribution in [0.4, 0.5) is 4.79 Å². The molecule has 0 unspecified atom stereocenters. The summed E-state index contributed by atoms with van der Waals surface area (Å²) in [5, 5.41) is 0. The zero-order valence-corrected chi connectivity index (χ0v) is 10.0. The molecule has 0 bridgehead atoms. The van der Waals surface area contributed by atoms with E-state index in [1.807, 2.05) is 0 Å². The van der Waals surface area contributed by atoms with Crippen LogP contribution >= 0.6 is 0 Å². The molecule has 0 heterocycles. The van der Waals surface area contributed by atoms with Gasteiger partial charge in [0.25, 0.3) is 0 Å². The molecule has 5 heteroatoms. The van der Waals surface area contributed by atoms with Crippen molar-refractivity contribution in [3.05, 3.63) is 0 Å². The van der Waals surface area contributed by atoms with E-state index in [-0.39, 0.29) is 12.5 Å². The van der Waals surface area contributed by atoms with E-state index in [0.717, 1.165) is 0 Å². The third-order valence-electron chi connectivity index (χ3n) is 1.84. The number of carbonyl (C=O) groups excluding carboxylic acids is 2. The molecule has 2 amide bonds. The topological polar surface area (TPSA) is 72.6 Å². The molecule has 15 heavy (non-hydrogen) atoms. The third-order valence-corrected chi connectivity index (χ3v) is 1.84. The van der Waals surface area contributed by atoms with Crippen LogP contribution in [0.1, 0.15) is 34.1 Å². The zero-order chi connectivity index (χ0) is 12.2. The Morgan fingerprint density at radius 3 is 2.20 bits per heavy atom. The minimum atomic E-state index is -0.530. The molecule has 0 aromatic rings. The first-order chi connectivity index (χ1) is 6.63. The van der Waals surface area contributed by atoms with Crippen LogP contribution < -0.4 is 5.73 Å². The van der Waals surface area contributed by atoms with Gasteiger partial charge in [-0.25, -0.2) is 4.79 Å². The summed E-state index contributed by atoms with van der Waals surface area (Å²) in [5.41, 5.74) is 4.51. The molecule has 5 nitrogen and oxygen atoms in total. The van der Waals surface area contributed by atoms with Gasteiger partial charge in [-0.2, -0.15) is 0 Å². The average molecular weight is 216 g/mol. The number of hydrogen-bond acceptors (Lipinski definition) is 3. The fraction of sp³-hybridized carbons (Fsp3) is 0.800. The Labute approximate surface area is 90.6 Å². The molecule has 2 N–H and O–H groups in total. The highest BCUT2D eigenvalue weighted by molar-refractivity contribution is 5.75. The lowest BCUT2D eigenvalue weighted by molar-refractivity contribution is -0.118. The summed E-state index contributed by atoms with van der Waals surface area (Å²) >= 11 is 0. The molecule has 0 rings (SSSR count). The lowest BCUT2D eigenvalue weighted by Gasteiger charge is -2.28. The smallest absolute Gasteiger partial charge is 0.410 e. The highest BCUT2D eigenvalue weighted by Gasteiger charge is 2.23. The Bertz CT molecular complexity index is 246. The number of ether oxygens (including phenoxy) is 1. The van der Waals surface area contributed by atoms with Crippen molar-refractivity contribution in [1.29, 1.82) is 0 Å². The summed E-state index contributed by atoms with van der Waals surface area (Å²) in [6, 6.07) is -0.252. The zero-order valence-electron chi connectivity index (χ0n) is 10.0. The van der Waals surface area contributed by atoms with Gasteiger partial charge in [-0.15, -0.1) is 0 Å². The highest BCUT2D eigenvalue weighted by atomic mass is 16.6. The quantitative estimate of drug-likeness (QED) is 0.768. The predicted octanol–water partition coefficient (Wildman–Crippen LogP) is 1.12. The first-order valence-electron chi connectivity index (χ1n) is 4.87. The minimum Gasteiger partial charge on any atom is -0.444 e. The molecule has 0 aliphatic carbocycles. The molecule has 0 aromatic carbocycles. The lowest BCUT2D eigenvalue weighted by atomic mass is 10.2. The summed E-state index contributed by atoms with van der Waals surface area (Å²) < 4.78 is 5.14. The van der Waals surface area contributed by atoms with Crippen LogP contribution in [0.15, 0.2) is 0 Å². The van der Waals surface area contributed by atoms with Gasteiger partial charge in [-0.3, -0.25) is 4.79 Å². The van der Waals surface area contributed by atoms with Gasteiger partial charge in [-0.1, -0.05) is 0 Å². The fourth-order valence-corrected chi connectivity index (χ4v) is 0.942. The summed E-state index contributed by atoms with van der Waals surface area (Å²) in [6.45, 7) is 7.11. The largest absolute Gasteiger partial charge is 0.444 e. The number of amides is 2. The Morgan fingerprint density at radius 2 is 1.87 bits per heavy atom. The van der Waals surface area contributed by atoms with Crippen LogP contribution in [0, 0.1) is 0 Å². The van der Waals surface area contributed by atoms with Gasteiger partial charge < -0.3 is 15.4 Å². The van der Waals surface area contributed by atoms with Crippen molar-refractivity contribution in [2.24, 2.45) is 5.73 Å². The molecule has 0 saturated carbocycles. The number of rotatable bonds is 3. The molecule has 1 atom stereocenters. The maximum atomic E-state index is 11.5. The molecular formula is C10H20N2O3. The van der Waals surface area contributed by atoms with Gasteiger partial charge >= 0.3 is 6.09 Å². The standard InChI is InChI=1S/C10H20N2O3/c1-7(6-8(11)13)12(5)9(14)15-10(2,3)4/h7H,6H2,1-5H3,(H2,11,13)/t7-/m1/s1. The lowest BCUT2D eigenvalue weighted by Crippen LogP contribution is -2.41. The maximum Gasteiger partial charge on any atom is 0.410 e. The van der Waals surface area contributed by atoms with E-state index in [2.05, 4.69) is 0 Å².